The fourth-order valence-corrected chi connectivity index (χ4v) is 3.49. The van der Waals surface area contributed by atoms with Crippen LogP contribution < -0.4 is 0 Å². The molecule has 0 aliphatic rings. The van der Waals surface area contributed by atoms with Gasteiger partial charge >= 0.3 is 0 Å². The Morgan fingerprint density at radius 3 is 2.67 bits per heavy atom. The van der Waals surface area contributed by atoms with Crippen molar-refractivity contribution in [3.63, 3.8) is 0 Å². The summed E-state index contributed by atoms with van der Waals surface area (Å²) in [5.74, 6) is -0.272. The van der Waals surface area contributed by atoms with Gasteiger partial charge in [0.05, 0.1) is 17.1 Å². The zero-order valence-electron chi connectivity index (χ0n) is 17.3. The monoisotopic (exact) mass is 401 g/mol. The lowest BCUT2D eigenvalue weighted by Gasteiger charge is -2.24. The lowest BCUT2D eigenvalue weighted by atomic mass is 10.1. The third kappa shape index (κ3) is 4.28. The van der Waals surface area contributed by atoms with E-state index >= 15 is 0 Å². The third-order valence-electron chi connectivity index (χ3n) is 5.27. The summed E-state index contributed by atoms with van der Waals surface area (Å²) in [5.41, 5.74) is 5.64. The first kappa shape index (κ1) is 19.9. The molecule has 1 atom stereocenters. The van der Waals surface area contributed by atoms with Crippen molar-refractivity contribution in [1.29, 1.82) is 0 Å². The van der Waals surface area contributed by atoms with E-state index in [2.05, 4.69) is 40.8 Å². The van der Waals surface area contributed by atoms with Crippen LogP contribution in [0.2, 0.25) is 0 Å². The fourth-order valence-electron chi connectivity index (χ4n) is 3.49. The molecule has 0 aliphatic carbocycles. The summed E-state index contributed by atoms with van der Waals surface area (Å²) in [6, 6.07) is 16.8. The predicted molar refractivity (Wildman–Crippen MR) is 116 cm³/mol. The van der Waals surface area contributed by atoms with Crippen LogP contribution in [0.3, 0.4) is 0 Å². The average molecular weight is 401 g/mol. The molecule has 2 heterocycles. The van der Waals surface area contributed by atoms with E-state index in [9.17, 15) is 4.39 Å². The van der Waals surface area contributed by atoms with Crippen LogP contribution in [-0.2, 0) is 6.54 Å². The van der Waals surface area contributed by atoms with E-state index < -0.39 is 0 Å². The second-order valence-corrected chi connectivity index (χ2v) is 7.52. The van der Waals surface area contributed by atoms with Crippen molar-refractivity contribution in [2.75, 3.05) is 7.05 Å². The minimum absolute atomic E-state index is 0.0932. The lowest BCUT2D eigenvalue weighted by Crippen LogP contribution is -2.22. The van der Waals surface area contributed by atoms with Crippen molar-refractivity contribution in [2.24, 2.45) is 0 Å². The Balaban J connectivity index is 1.71. The van der Waals surface area contributed by atoms with Gasteiger partial charge < -0.3 is 0 Å². The molecule has 0 aliphatic heterocycles. The van der Waals surface area contributed by atoms with Gasteiger partial charge in [-0.05, 0) is 56.8 Å². The smallest absolute Gasteiger partial charge is 0.123 e. The van der Waals surface area contributed by atoms with Crippen LogP contribution in [0.1, 0.15) is 29.8 Å². The zero-order chi connectivity index (χ0) is 21.1. The molecule has 152 valence electrons. The first-order chi connectivity index (χ1) is 14.5. The number of benzene rings is 2. The standard InChI is InChI=1S/C24H24FN5/c1-17-6-4-9-22(12-17)30-15-20(24(28-30)19-7-5-8-21(25)13-19)14-29(3)18(2)23-10-11-26-16-27-23/h4-13,15-16,18H,14H2,1-3H3/t18-/m0/s1. The quantitative estimate of drug-likeness (QED) is 0.458. The fraction of sp³-hybridized carbons (Fsp3) is 0.208. The number of hydrogen-bond donors (Lipinski definition) is 0. The van der Waals surface area contributed by atoms with Crippen molar-refractivity contribution in [3.8, 4) is 16.9 Å². The summed E-state index contributed by atoms with van der Waals surface area (Å²) >= 11 is 0. The SMILES string of the molecule is Cc1cccc(-n2cc(CN(C)[C@@H](C)c3ccncn3)c(-c3cccc(F)c3)n2)c1. The highest BCUT2D eigenvalue weighted by Crippen LogP contribution is 2.27. The molecule has 0 fully saturated rings. The second-order valence-electron chi connectivity index (χ2n) is 7.52. The summed E-state index contributed by atoms with van der Waals surface area (Å²) in [7, 11) is 2.05. The Hall–Kier alpha value is -3.38. The van der Waals surface area contributed by atoms with Crippen LogP contribution in [0, 0.1) is 12.7 Å². The molecule has 4 aromatic rings. The van der Waals surface area contributed by atoms with Crippen LogP contribution in [0.4, 0.5) is 4.39 Å². The van der Waals surface area contributed by atoms with E-state index in [1.165, 1.54) is 12.1 Å². The normalized spacial score (nSPS) is 12.3. The number of nitrogens with zero attached hydrogens (tertiary/aromatic N) is 5. The molecule has 0 spiro atoms. The lowest BCUT2D eigenvalue weighted by molar-refractivity contribution is 0.248. The molecule has 0 saturated carbocycles. The molecule has 4 rings (SSSR count). The number of rotatable bonds is 6. The Morgan fingerprint density at radius 1 is 1.10 bits per heavy atom. The van der Waals surface area contributed by atoms with Crippen molar-refractivity contribution < 1.29 is 4.39 Å². The van der Waals surface area contributed by atoms with E-state index in [1.54, 1.807) is 18.6 Å². The van der Waals surface area contributed by atoms with Gasteiger partial charge in [0.1, 0.15) is 12.1 Å². The van der Waals surface area contributed by atoms with Crippen LogP contribution in [0.15, 0.2) is 73.3 Å². The van der Waals surface area contributed by atoms with Gasteiger partial charge in [0.15, 0.2) is 0 Å². The van der Waals surface area contributed by atoms with E-state index in [0.717, 1.165) is 33.8 Å². The number of aryl methyl sites for hydroxylation is 1. The minimum atomic E-state index is -0.272. The molecule has 0 unspecified atom stereocenters. The molecular weight excluding hydrogens is 377 g/mol. The molecular formula is C24H24FN5. The van der Waals surface area contributed by atoms with E-state index in [1.807, 2.05) is 42.2 Å². The Labute approximate surface area is 175 Å². The van der Waals surface area contributed by atoms with Gasteiger partial charge in [-0.25, -0.2) is 19.0 Å². The van der Waals surface area contributed by atoms with Crippen LogP contribution >= 0.6 is 0 Å². The molecule has 0 amide bonds. The Morgan fingerprint density at radius 2 is 1.93 bits per heavy atom. The van der Waals surface area contributed by atoms with Crippen molar-refractivity contribution in [2.45, 2.75) is 26.4 Å². The van der Waals surface area contributed by atoms with Crippen molar-refractivity contribution >= 4 is 0 Å². The summed E-state index contributed by atoms with van der Waals surface area (Å²) in [6.45, 7) is 4.80. The van der Waals surface area contributed by atoms with E-state index in [-0.39, 0.29) is 11.9 Å². The van der Waals surface area contributed by atoms with Gasteiger partial charge in [-0.2, -0.15) is 5.10 Å². The number of hydrogen-bond acceptors (Lipinski definition) is 4. The zero-order valence-corrected chi connectivity index (χ0v) is 17.3. The van der Waals surface area contributed by atoms with Gasteiger partial charge in [0.25, 0.3) is 0 Å². The maximum Gasteiger partial charge on any atom is 0.123 e. The second kappa shape index (κ2) is 8.55. The molecule has 2 aromatic heterocycles. The van der Waals surface area contributed by atoms with Crippen LogP contribution in [-0.4, -0.2) is 31.7 Å². The van der Waals surface area contributed by atoms with Crippen molar-refractivity contribution in [1.82, 2.24) is 24.6 Å². The summed E-state index contributed by atoms with van der Waals surface area (Å²) < 4.78 is 15.8. The van der Waals surface area contributed by atoms with Gasteiger partial charge in [-0.15, -0.1) is 0 Å². The molecule has 30 heavy (non-hydrogen) atoms. The Kier molecular flexibility index (Phi) is 5.68. The molecule has 0 N–H and O–H groups in total. The van der Waals surface area contributed by atoms with E-state index in [0.29, 0.717) is 6.54 Å². The topological polar surface area (TPSA) is 46.8 Å². The third-order valence-corrected chi connectivity index (χ3v) is 5.27. The molecule has 0 radical (unpaired) electrons. The summed E-state index contributed by atoms with van der Waals surface area (Å²) in [5, 5.41) is 4.82. The molecule has 0 bridgehead atoms. The van der Waals surface area contributed by atoms with E-state index in [4.69, 9.17) is 5.10 Å². The van der Waals surface area contributed by atoms with Crippen LogP contribution in [0.5, 0.6) is 0 Å². The van der Waals surface area contributed by atoms with Crippen molar-refractivity contribution in [3.05, 3.63) is 96.0 Å². The molecule has 6 heteroatoms. The summed E-state index contributed by atoms with van der Waals surface area (Å²) in [4.78, 5) is 10.6. The predicted octanol–water partition coefficient (Wildman–Crippen LogP) is 4.97. The van der Waals surface area contributed by atoms with Gasteiger partial charge in [0.2, 0.25) is 0 Å². The number of halogens is 1. The minimum Gasteiger partial charge on any atom is -0.294 e. The Bertz CT molecular complexity index is 1140. The van der Waals surface area contributed by atoms with Gasteiger partial charge in [-0.3, -0.25) is 4.90 Å². The molecule has 2 aromatic carbocycles. The average Bonchev–Trinajstić information content (AvgIpc) is 3.17. The maximum atomic E-state index is 13.9. The summed E-state index contributed by atoms with van der Waals surface area (Å²) in [6.07, 6.45) is 5.34. The first-order valence-corrected chi connectivity index (χ1v) is 9.89. The maximum absolute atomic E-state index is 13.9. The highest BCUT2D eigenvalue weighted by Gasteiger charge is 2.18. The van der Waals surface area contributed by atoms with Gasteiger partial charge in [-0.1, -0.05) is 24.3 Å². The molecule has 0 saturated heterocycles. The largest absolute Gasteiger partial charge is 0.294 e. The molecule has 5 nitrogen and oxygen atoms in total. The first-order valence-electron chi connectivity index (χ1n) is 9.89. The highest BCUT2D eigenvalue weighted by molar-refractivity contribution is 5.63. The highest BCUT2D eigenvalue weighted by atomic mass is 19.1. The van der Waals surface area contributed by atoms with Crippen LogP contribution in [0.25, 0.3) is 16.9 Å². The number of aromatic nitrogens is 4. The van der Waals surface area contributed by atoms with Gasteiger partial charge in [0, 0.05) is 36.1 Å².